The van der Waals surface area contributed by atoms with E-state index in [0.717, 1.165) is 25.7 Å². The maximum atomic E-state index is 12.4. The van der Waals surface area contributed by atoms with Crippen molar-refractivity contribution >= 4 is 21.9 Å². The lowest BCUT2D eigenvalue weighted by molar-refractivity contribution is 0.0695. The Morgan fingerprint density at radius 2 is 1.96 bits per heavy atom. The van der Waals surface area contributed by atoms with Gasteiger partial charge in [-0.15, -0.1) is 0 Å². The van der Waals surface area contributed by atoms with E-state index in [1.807, 2.05) is 18.2 Å². The molecule has 0 bridgehead atoms. The number of hydrogen-bond donors (Lipinski definition) is 1. The molecule has 0 unspecified atom stereocenters. The van der Waals surface area contributed by atoms with Crippen LogP contribution in [0.15, 0.2) is 51.9 Å². The van der Waals surface area contributed by atoms with Crippen molar-refractivity contribution in [2.24, 2.45) is 0 Å². The molecule has 3 rings (SSSR count). The van der Waals surface area contributed by atoms with Crippen LogP contribution in [0.5, 0.6) is 0 Å². The van der Waals surface area contributed by atoms with Crippen LogP contribution in [0.2, 0.25) is 0 Å². The molecule has 1 N–H and O–H groups in total. The molecule has 23 heavy (non-hydrogen) atoms. The molecule has 1 aromatic heterocycles. The summed E-state index contributed by atoms with van der Waals surface area (Å²) in [5, 5.41) is 9.22. The lowest BCUT2D eigenvalue weighted by Crippen LogP contribution is -2.29. The number of carboxylic acids is 1. The van der Waals surface area contributed by atoms with E-state index in [9.17, 15) is 14.7 Å². The van der Waals surface area contributed by atoms with Crippen LogP contribution in [0.1, 0.15) is 53.6 Å². The van der Waals surface area contributed by atoms with E-state index < -0.39 is 5.97 Å². The first-order chi connectivity index (χ1) is 11.1. The van der Waals surface area contributed by atoms with Gasteiger partial charge in [-0.3, -0.25) is 4.79 Å². The van der Waals surface area contributed by atoms with Crippen LogP contribution in [0.4, 0.5) is 0 Å². The number of nitrogens with zero attached hydrogens (tertiary/aromatic N) is 1. The summed E-state index contributed by atoms with van der Waals surface area (Å²) in [4.78, 5) is 23.7. The molecule has 1 fully saturated rings. The van der Waals surface area contributed by atoms with Gasteiger partial charge in [0.25, 0.3) is 5.56 Å². The largest absolute Gasteiger partial charge is 0.478 e. The minimum absolute atomic E-state index is 0.0389. The molecule has 1 saturated carbocycles. The molecule has 2 aromatic rings. The van der Waals surface area contributed by atoms with Gasteiger partial charge in [0.15, 0.2) is 0 Å². The molecule has 1 aromatic carbocycles. The second-order valence-corrected chi connectivity index (χ2v) is 6.88. The molecule has 0 saturated heterocycles. The van der Waals surface area contributed by atoms with Crippen molar-refractivity contribution in [1.29, 1.82) is 0 Å². The maximum absolute atomic E-state index is 12.4. The van der Waals surface area contributed by atoms with Gasteiger partial charge < -0.3 is 9.67 Å². The normalized spacial score (nSPS) is 21.1. The molecule has 2 atom stereocenters. The average Bonchev–Trinajstić information content (AvgIpc) is 2.58. The molecular formula is C18H18BrNO3. The van der Waals surface area contributed by atoms with Crippen LogP contribution in [0.25, 0.3) is 0 Å². The van der Waals surface area contributed by atoms with Crippen LogP contribution in [-0.4, -0.2) is 15.6 Å². The van der Waals surface area contributed by atoms with Crippen molar-refractivity contribution in [3.05, 3.63) is 68.5 Å². The van der Waals surface area contributed by atoms with Crippen LogP contribution >= 0.6 is 15.9 Å². The van der Waals surface area contributed by atoms with E-state index in [1.165, 1.54) is 17.8 Å². The molecule has 0 aliphatic heterocycles. The Morgan fingerprint density at radius 3 is 2.65 bits per heavy atom. The number of pyridine rings is 1. The van der Waals surface area contributed by atoms with E-state index >= 15 is 0 Å². The van der Waals surface area contributed by atoms with E-state index in [0.29, 0.717) is 10.4 Å². The minimum Gasteiger partial charge on any atom is -0.478 e. The van der Waals surface area contributed by atoms with Gasteiger partial charge in [0, 0.05) is 12.2 Å². The SMILES string of the molecule is O=C(O)c1cc(Br)c(=O)n([C@H]2CCC[C@H](c3ccccc3)C2)c1. The number of aromatic carboxylic acids is 1. The standard InChI is InChI=1S/C18H18BrNO3/c19-16-10-14(18(22)23)11-20(17(16)21)15-8-4-7-13(9-15)12-5-2-1-3-6-12/h1-3,5-6,10-11,13,15H,4,7-9H2,(H,22,23)/t13-,15-/m0/s1. The molecule has 120 valence electrons. The predicted octanol–water partition coefficient (Wildman–Crippen LogP) is 4.21. The number of halogens is 1. The van der Waals surface area contributed by atoms with Crippen molar-refractivity contribution in [3.63, 3.8) is 0 Å². The van der Waals surface area contributed by atoms with E-state index in [2.05, 4.69) is 28.1 Å². The number of carboxylic acid groups (broad SMARTS) is 1. The number of carbonyl (C=O) groups is 1. The highest BCUT2D eigenvalue weighted by Gasteiger charge is 2.26. The molecule has 0 radical (unpaired) electrons. The van der Waals surface area contributed by atoms with Crippen molar-refractivity contribution in [1.82, 2.24) is 4.57 Å². The van der Waals surface area contributed by atoms with E-state index in [1.54, 1.807) is 4.57 Å². The Bertz CT molecular complexity index is 770. The lowest BCUT2D eigenvalue weighted by atomic mass is 9.81. The van der Waals surface area contributed by atoms with E-state index in [-0.39, 0.29) is 17.2 Å². The number of benzene rings is 1. The van der Waals surface area contributed by atoms with Crippen molar-refractivity contribution in [2.75, 3.05) is 0 Å². The lowest BCUT2D eigenvalue weighted by Gasteiger charge is -2.31. The summed E-state index contributed by atoms with van der Waals surface area (Å²) >= 11 is 3.20. The van der Waals surface area contributed by atoms with Gasteiger partial charge in [-0.2, -0.15) is 0 Å². The highest BCUT2D eigenvalue weighted by molar-refractivity contribution is 9.10. The van der Waals surface area contributed by atoms with Crippen LogP contribution in [0, 0.1) is 0 Å². The maximum Gasteiger partial charge on any atom is 0.337 e. The third-order valence-corrected chi connectivity index (χ3v) is 5.13. The summed E-state index contributed by atoms with van der Waals surface area (Å²) in [7, 11) is 0. The summed E-state index contributed by atoms with van der Waals surface area (Å²) in [5.74, 6) is -0.607. The fourth-order valence-corrected chi connectivity index (χ4v) is 3.85. The van der Waals surface area contributed by atoms with Crippen LogP contribution < -0.4 is 5.56 Å². The van der Waals surface area contributed by atoms with Gasteiger partial charge in [-0.05, 0) is 52.7 Å². The van der Waals surface area contributed by atoms with Gasteiger partial charge in [0.2, 0.25) is 0 Å². The predicted molar refractivity (Wildman–Crippen MR) is 92.0 cm³/mol. The molecule has 1 aliphatic rings. The first kappa shape index (κ1) is 16.0. The quantitative estimate of drug-likeness (QED) is 0.873. The monoisotopic (exact) mass is 375 g/mol. The molecule has 5 heteroatoms. The minimum atomic E-state index is -1.02. The second kappa shape index (κ2) is 6.71. The molecule has 1 heterocycles. The zero-order valence-electron chi connectivity index (χ0n) is 12.6. The third kappa shape index (κ3) is 3.39. The zero-order chi connectivity index (χ0) is 16.4. The number of aromatic nitrogens is 1. The summed E-state index contributed by atoms with van der Waals surface area (Å²) < 4.78 is 1.90. The van der Waals surface area contributed by atoms with Gasteiger partial charge >= 0.3 is 5.97 Å². The molecule has 4 nitrogen and oxygen atoms in total. The van der Waals surface area contributed by atoms with Crippen LogP contribution in [0.3, 0.4) is 0 Å². The highest BCUT2D eigenvalue weighted by Crippen LogP contribution is 2.38. The van der Waals surface area contributed by atoms with Crippen molar-refractivity contribution in [2.45, 2.75) is 37.6 Å². The Kier molecular flexibility index (Phi) is 4.66. The fourth-order valence-electron chi connectivity index (χ4n) is 3.40. The molecule has 0 spiro atoms. The van der Waals surface area contributed by atoms with Crippen LogP contribution in [-0.2, 0) is 0 Å². The smallest absolute Gasteiger partial charge is 0.337 e. The highest BCUT2D eigenvalue weighted by atomic mass is 79.9. The first-order valence-electron chi connectivity index (χ1n) is 7.76. The third-order valence-electron chi connectivity index (χ3n) is 4.56. The number of hydrogen-bond acceptors (Lipinski definition) is 2. The Morgan fingerprint density at radius 1 is 1.22 bits per heavy atom. The topological polar surface area (TPSA) is 59.3 Å². The second-order valence-electron chi connectivity index (χ2n) is 6.02. The summed E-state index contributed by atoms with van der Waals surface area (Å²) in [6.45, 7) is 0. The Balaban J connectivity index is 1.92. The van der Waals surface area contributed by atoms with E-state index in [4.69, 9.17) is 0 Å². The molecule has 0 amide bonds. The Hall–Kier alpha value is -1.88. The van der Waals surface area contributed by atoms with Gasteiger partial charge in [-0.1, -0.05) is 36.8 Å². The number of rotatable bonds is 3. The summed E-state index contributed by atoms with van der Waals surface area (Å²) in [6.07, 6.45) is 5.38. The zero-order valence-corrected chi connectivity index (χ0v) is 14.2. The average molecular weight is 376 g/mol. The first-order valence-corrected chi connectivity index (χ1v) is 8.55. The molecular weight excluding hydrogens is 358 g/mol. The fraction of sp³-hybridized carbons (Fsp3) is 0.333. The summed E-state index contributed by atoms with van der Waals surface area (Å²) in [5.41, 5.74) is 1.27. The van der Waals surface area contributed by atoms with Gasteiger partial charge in [0.1, 0.15) is 0 Å². The van der Waals surface area contributed by atoms with Gasteiger partial charge in [-0.25, -0.2) is 4.79 Å². The van der Waals surface area contributed by atoms with Gasteiger partial charge in [0.05, 0.1) is 10.0 Å². The Labute approximate surface area is 142 Å². The van der Waals surface area contributed by atoms with Crippen molar-refractivity contribution in [3.8, 4) is 0 Å². The molecule has 1 aliphatic carbocycles. The van der Waals surface area contributed by atoms with Crippen molar-refractivity contribution < 1.29 is 9.90 Å². The summed E-state index contributed by atoms with van der Waals surface area (Å²) in [6, 6.07) is 11.7.